The van der Waals surface area contributed by atoms with Gasteiger partial charge in [0.1, 0.15) is 18.7 Å². The van der Waals surface area contributed by atoms with Crippen LogP contribution in [-0.4, -0.2) is 37.2 Å². The lowest BCUT2D eigenvalue weighted by atomic mass is 10.0. The van der Waals surface area contributed by atoms with E-state index < -0.39 is 30.1 Å². The van der Waals surface area contributed by atoms with E-state index in [9.17, 15) is 14.4 Å². The van der Waals surface area contributed by atoms with Gasteiger partial charge in [-0.05, 0) is 28.8 Å². The Morgan fingerprint density at radius 2 is 1.29 bits per heavy atom. The summed E-state index contributed by atoms with van der Waals surface area (Å²) in [6, 6.07) is 24.1. The monoisotopic (exact) mass is 538 g/mol. The van der Waals surface area contributed by atoms with Gasteiger partial charge in [0, 0.05) is 17.3 Å². The van der Waals surface area contributed by atoms with Crippen LogP contribution in [0.1, 0.15) is 16.7 Å². The van der Waals surface area contributed by atoms with Crippen molar-refractivity contribution in [3.05, 3.63) is 106 Å². The highest BCUT2D eigenvalue weighted by Gasteiger charge is 2.28. The Bertz CT molecular complexity index is 1110. The highest BCUT2D eigenvalue weighted by molar-refractivity contribution is 9.10. The second-order valence-electron chi connectivity index (χ2n) is 7.86. The average molecular weight is 539 g/mol. The molecule has 3 aromatic rings. The van der Waals surface area contributed by atoms with E-state index in [0.717, 1.165) is 21.2 Å². The predicted octanol–water partition coefficient (Wildman–Crippen LogP) is 4.19. The van der Waals surface area contributed by atoms with Gasteiger partial charge in [0.2, 0.25) is 5.91 Å². The number of carbonyl (C=O) groups is 3. The molecular formula is C27H27BrN2O5. The Hall–Kier alpha value is -3.65. The molecule has 0 heterocycles. The molecule has 0 fully saturated rings. The van der Waals surface area contributed by atoms with Crippen LogP contribution in [0.4, 0.5) is 4.79 Å². The quantitative estimate of drug-likeness (QED) is 0.377. The summed E-state index contributed by atoms with van der Waals surface area (Å²) >= 11 is 3.38. The van der Waals surface area contributed by atoms with E-state index in [1.165, 1.54) is 7.11 Å². The van der Waals surface area contributed by atoms with E-state index in [-0.39, 0.29) is 19.4 Å². The van der Waals surface area contributed by atoms with E-state index in [2.05, 4.69) is 26.6 Å². The third-order valence-electron chi connectivity index (χ3n) is 5.26. The lowest BCUT2D eigenvalue weighted by Gasteiger charge is -2.22. The van der Waals surface area contributed by atoms with E-state index in [1.54, 1.807) is 0 Å². The van der Waals surface area contributed by atoms with Crippen LogP contribution in [0.5, 0.6) is 0 Å². The predicted molar refractivity (Wildman–Crippen MR) is 135 cm³/mol. The zero-order valence-corrected chi connectivity index (χ0v) is 20.9. The van der Waals surface area contributed by atoms with Crippen molar-refractivity contribution in [2.24, 2.45) is 0 Å². The molecule has 2 N–H and O–H groups in total. The highest BCUT2D eigenvalue weighted by Crippen LogP contribution is 2.13. The number of alkyl carbamates (subject to hydrolysis) is 1. The van der Waals surface area contributed by atoms with E-state index in [1.807, 2.05) is 84.9 Å². The lowest BCUT2D eigenvalue weighted by Crippen LogP contribution is -2.53. The fourth-order valence-electron chi connectivity index (χ4n) is 3.43. The summed E-state index contributed by atoms with van der Waals surface area (Å²) in [6.45, 7) is 0.0701. The van der Waals surface area contributed by atoms with Gasteiger partial charge in [0.25, 0.3) is 0 Å². The van der Waals surface area contributed by atoms with Gasteiger partial charge in [-0.15, -0.1) is 0 Å². The summed E-state index contributed by atoms with van der Waals surface area (Å²) < 4.78 is 11.1. The maximum absolute atomic E-state index is 13.2. The molecule has 0 spiro atoms. The van der Waals surface area contributed by atoms with Gasteiger partial charge in [-0.1, -0.05) is 88.7 Å². The molecule has 3 rings (SSSR count). The first-order chi connectivity index (χ1) is 16.9. The second-order valence-corrected chi connectivity index (χ2v) is 8.78. The van der Waals surface area contributed by atoms with Crippen LogP contribution in [0.2, 0.25) is 0 Å². The summed E-state index contributed by atoms with van der Waals surface area (Å²) in [5.41, 5.74) is 2.52. The minimum atomic E-state index is -0.960. The van der Waals surface area contributed by atoms with Crippen LogP contribution in [-0.2, 0) is 38.5 Å². The summed E-state index contributed by atoms with van der Waals surface area (Å²) in [6.07, 6.45) is -0.269. The Kier molecular flexibility index (Phi) is 9.86. The molecule has 7 nitrogen and oxygen atoms in total. The minimum Gasteiger partial charge on any atom is -0.467 e. The number of nitrogens with one attached hydrogen (secondary N) is 2. The number of amides is 2. The Morgan fingerprint density at radius 3 is 1.89 bits per heavy atom. The summed E-state index contributed by atoms with van der Waals surface area (Å²) in [7, 11) is 1.27. The molecule has 182 valence electrons. The Labute approximate surface area is 213 Å². The van der Waals surface area contributed by atoms with Crippen molar-refractivity contribution >= 4 is 33.9 Å². The zero-order chi connectivity index (χ0) is 25.0. The molecule has 8 heteroatoms. The summed E-state index contributed by atoms with van der Waals surface area (Å²) in [4.78, 5) is 38.2. The number of carbonyl (C=O) groups excluding carboxylic acids is 3. The van der Waals surface area contributed by atoms with Crippen molar-refractivity contribution in [3.63, 3.8) is 0 Å². The van der Waals surface area contributed by atoms with Crippen LogP contribution < -0.4 is 10.6 Å². The molecule has 0 aliphatic rings. The van der Waals surface area contributed by atoms with Gasteiger partial charge in [-0.25, -0.2) is 9.59 Å². The Morgan fingerprint density at radius 1 is 0.743 bits per heavy atom. The topological polar surface area (TPSA) is 93.7 Å². The number of ether oxygens (including phenoxy) is 2. The van der Waals surface area contributed by atoms with Crippen molar-refractivity contribution in [2.75, 3.05) is 7.11 Å². The molecule has 0 aromatic heterocycles. The first-order valence-electron chi connectivity index (χ1n) is 11.1. The standard InChI is InChI=1S/C27H27BrN2O5/c1-34-26(32)24(17-20-12-14-22(28)15-13-20)29-25(31)23(16-19-8-4-2-5-9-19)30-27(33)35-18-21-10-6-3-7-11-21/h2-15,23-24H,16-18H2,1H3,(H,29,31)(H,30,33)/t23-,24-/m1/s1. The second kappa shape index (κ2) is 13.3. The smallest absolute Gasteiger partial charge is 0.408 e. The largest absolute Gasteiger partial charge is 0.467 e. The number of benzene rings is 3. The first-order valence-corrected chi connectivity index (χ1v) is 11.9. The number of hydrogen-bond acceptors (Lipinski definition) is 5. The molecule has 0 saturated heterocycles. The van der Waals surface area contributed by atoms with Gasteiger partial charge >= 0.3 is 12.1 Å². The molecule has 0 bridgehead atoms. The molecule has 0 aliphatic carbocycles. The maximum Gasteiger partial charge on any atom is 0.408 e. The molecule has 3 aromatic carbocycles. The molecular weight excluding hydrogens is 512 g/mol. The zero-order valence-electron chi connectivity index (χ0n) is 19.3. The lowest BCUT2D eigenvalue weighted by molar-refractivity contribution is -0.145. The van der Waals surface area contributed by atoms with Crippen LogP contribution in [0.3, 0.4) is 0 Å². The van der Waals surface area contributed by atoms with Crippen LogP contribution in [0, 0.1) is 0 Å². The van der Waals surface area contributed by atoms with Crippen LogP contribution in [0.15, 0.2) is 89.4 Å². The third kappa shape index (κ3) is 8.57. The normalized spacial score (nSPS) is 12.2. The molecule has 35 heavy (non-hydrogen) atoms. The number of hydrogen-bond donors (Lipinski definition) is 2. The van der Waals surface area contributed by atoms with Crippen molar-refractivity contribution < 1.29 is 23.9 Å². The van der Waals surface area contributed by atoms with Gasteiger partial charge in [-0.3, -0.25) is 4.79 Å². The number of rotatable bonds is 10. The molecule has 0 unspecified atom stereocenters. The first kappa shape index (κ1) is 26.0. The molecule has 2 amide bonds. The van der Waals surface area contributed by atoms with Gasteiger partial charge < -0.3 is 20.1 Å². The van der Waals surface area contributed by atoms with Gasteiger partial charge in [0.15, 0.2) is 0 Å². The van der Waals surface area contributed by atoms with Crippen LogP contribution >= 0.6 is 15.9 Å². The SMILES string of the molecule is COC(=O)[C@@H](Cc1ccc(Br)cc1)NC(=O)[C@@H](Cc1ccccc1)NC(=O)OCc1ccccc1. The van der Waals surface area contributed by atoms with Crippen molar-refractivity contribution in [3.8, 4) is 0 Å². The third-order valence-corrected chi connectivity index (χ3v) is 5.79. The molecule has 2 atom stereocenters. The Balaban J connectivity index is 1.71. The van der Waals surface area contributed by atoms with E-state index in [4.69, 9.17) is 9.47 Å². The maximum atomic E-state index is 13.2. The molecule has 0 aliphatic heterocycles. The van der Waals surface area contributed by atoms with E-state index >= 15 is 0 Å². The fourth-order valence-corrected chi connectivity index (χ4v) is 3.69. The van der Waals surface area contributed by atoms with Crippen molar-refractivity contribution in [1.29, 1.82) is 0 Å². The average Bonchev–Trinajstić information content (AvgIpc) is 2.88. The van der Waals surface area contributed by atoms with Crippen molar-refractivity contribution in [2.45, 2.75) is 31.5 Å². The van der Waals surface area contributed by atoms with Gasteiger partial charge in [-0.2, -0.15) is 0 Å². The molecule has 0 saturated carbocycles. The fraction of sp³-hybridized carbons (Fsp3) is 0.222. The molecule has 0 radical (unpaired) electrons. The highest BCUT2D eigenvalue weighted by atomic mass is 79.9. The van der Waals surface area contributed by atoms with Crippen LogP contribution in [0.25, 0.3) is 0 Å². The van der Waals surface area contributed by atoms with E-state index in [0.29, 0.717) is 0 Å². The minimum absolute atomic E-state index is 0.0701. The van der Waals surface area contributed by atoms with Gasteiger partial charge in [0.05, 0.1) is 7.11 Å². The summed E-state index contributed by atoms with van der Waals surface area (Å²) in [5, 5.41) is 5.37. The number of esters is 1. The number of methoxy groups -OCH3 is 1. The van der Waals surface area contributed by atoms with Crippen molar-refractivity contribution in [1.82, 2.24) is 10.6 Å². The summed E-state index contributed by atoms with van der Waals surface area (Å²) in [5.74, 6) is -1.09. The number of halogens is 1.